The summed E-state index contributed by atoms with van der Waals surface area (Å²) in [7, 11) is 0. The van der Waals surface area contributed by atoms with Crippen molar-refractivity contribution in [1.29, 1.82) is 0 Å². The van der Waals surface area contributed by atoms with Crippen molar-refractivity contribution in [3.63, 3.8) is 0 Å². The summed E-state index contributed by atoms with van der Waals surface area (Å²) < 4.78 is 10.5. The summed E-state index contributed by atoms with van der Waals surface area (Å²) in [6.45, 7) is 11.1. The number of alkyl carbamates (subject to hydrolysis) is 1. The Morgan fingerprint density at radius 3 is 1.96 bits per heavy atom. The van der Waals surface area contributed by atoms with Gasteiger partial charge in [-0.3, -0.25) is 4.79 Å². The lowest BCUT2D eigenvalue weighted by Crippen LogP contribution is -2.45. The summed E-state index contributed by atoms with van der Waals surface area (Å²) in [6.07, 6.45) is -0.589. The Morgan fingerprint density at radius 1 is 0.960 bits per heavy atom. The van der Waals surface area contributed by atoms with E-state index in [4.69, 9.17) is 9.47 Å². The van der Waals surface area contributed by atoms with Crippen LogP contribution in [-0.2, 0) is 14.3 Å². The van der Waals surface area contributed by atoms with Gasteiger partial charge in [0.25, 0.3) is 0 Å². The second-order valence-corrected chi connectivity index (χ2v) is 8.24. The molecule has 2 N–H and O–H groups in total. The third-order valence-corrected chi connectivity index (χ3v) is 3.58. The maximum Gasteiger partial charge on any atom is 0.410 e. The minimum Gasteiger partial charge on any atom is -0.481 e. The van der Waals surface area contributed by atoms with Gasteiger partial charge in [-0.2, -0.15) is 0 Å². The first-order valence-corrected chi connectivity index (χ1v) is 8.49. The molecule has 0 aromatic rings. The summed E-state index contributed by atoms with van der Waals surface area (Å²) in [4.78, 5) is 37.2. The Bertz CT molecular complexity index is 506. The number of carboxylic acids is 1. The monoisotopic (exact) mass is 358 g/mol. The molecule has 1 saturated heterocycles. The van der Waals surface area contributed by atoms with Crippen molar-refractivity contribution >= 4 is 18.2 Å². The fourth-order valence-corrected chi connectivity index (χ4v) is 2.54. The first-order chi connectivity index (χ1) is 11.3. The Balaban J connectivity index is 2.77. The van der Waals surface area contributed by atoms with Gasteiger partial charge in [-0.25, -0.2) is 9.59 Å². The van der Waals surface area contributed by atoms with Gasteiger partial charge in [-0.1, -0.05) is 0 Å². The van der Waals surface area contributed by atoms with Gasteiger partial charge in [0.1, 0.15) is 11.2 Å². The average Bonchev–Trinajstić information content (AvgIpc) is 2.56. The lowest BCUT2D eigenvalue weighted by molar-refractivity contribution is -0.142. The molecule has 0 unspecified atom stereocenters. The number of carbonyl (C=O) groups excluding carboxylic acids is 2. The average molecular weight is 358 g/mol. The zero-order valence-corrected chi connectivity index (χ0v) is 15.9. The smallest absolute Gasteiger partial charge is 0.410 e. The maximum absolute atomic E-state index is 12.2. The first-order valence-electron chi connectivity index (χ1n) is 8.49. The number of carboxylic acid groups (broad SMARTS) is 1. The standard InChI is InChI=1S/C17H30N2O6/c1-16(2,3)24-14(22)18-12-8-10-19(9-7-11(12)13(20)21)15(23)25-17(4,5)6/h11-12H,7-10H2,1-6H3,(H,18,22)(H,20,21)/t11-,12+/m0/s1. The third-order valence-electron chi connectivity index (χ3n) is 3.58. The highest BCUT2D eigenvalue weighted by Gasteiger charge is 2.35. The summed E-state index contributed by atoms with van der Waals surface area (Å²) >= 11 is 0. The van der Waals surface area contributed by atoms with Gasteiger partial charge in [0.05, 0.1) is 5.92 Å². The zero-order chi connectivity index (χ0) is 19.4. The number of amides is 2. The summed E-state index contributed by atoms with van der Waals surface area (Å²) in [5, 5.41) is 12.1. The van der Waals surface area contributed by atoms with Crippen LogP contribution in [0.3, 0.4) is 0 Å². The van der Waals surface area contributed by atoms with Crippen LogP contribution in [0.25, 0.3) is 0 Å². The van der Waals surface area contributed by atoms with Crippen LogP contribution >= 0.6 is 0 Å². The topological polar surface area (TPSA) is 105 Å². The van der Waals surface area contributed by atoms with Gasteiger partial charge >= 0.3 is 18.2 Å². The van der Waals surface area contributed by atoms with Crippen molar-refractivity contribution < 1.29 is 29.0 Å². The number of hydrogen-bond donors (Lipinski definition) is 2. The number of aliphatic carboxylic acids is 1. The highest BCUT2D eigenvalue weighted by atomic mass is 16.6. The normalized spacial score (nSPS) is 21.9. The predicted octanol–water partition coefficient (Wildman–Crippen LogP) is 2.61. The van der Waals surface area contributed by atoms with E-state index < -0.39 is 41.3 Å². The van der Waals surface area contributed by atoms with E-state index in [0.717, 1.165) is 0 Å². The van der Waals surface area contributed by atoms with Gasteiger partial charge in [0.2, 0.25) is 0 Å². The number of nitrogens with one attached hydrogen (secondary N) is 1. The molecular formula is C17H30N2O6. The molecule has 144 valence electrons. The number of likely N-dealkylation sites (tertiary alicyclic amines) is 1. The van der Waals surface area contributed by atoms with Crippen LogP contribution < -0.4 is 5.32 Å². The van der Waals surface area contributed by atoms with Gasteiger partial charge in [-0.05, 0) is 54.4 Å². The molecule has 0 radical (unpaired) electrons. The predicted molar refractivity (Wildman–Crippen MR) is 91.3 cm³/mol. The van der Waals surface area contributed by atoms with E-state index in [1.807, 2.05) is 0 Å². The fraction of sp³-hybridized carbons (Fsp3) is 0.824. The molecule has 0 saturated carbocycles. The van der Waals surface area contributed by atoms with Crippen LogP contribution in [0.2, 0.25) is 0 Å². The van der Waals surface area contributed by atoms with Crippen LogP contribution in [0.5, 0.6) is 0 Å². The molecule has 25 heavy (non-hydrogen) atoms. The molecule has 8 heteroatoms. The number of nitrogens with zero attached hydrogens (tertiary/aromatic N) is 1. The molecule has 1 aliphatic heterocycles. The molecule has 2 amide bonds. The number of ether oxygens (including phenoxy) is 2. The van der Waals surface area contributed by atoms with E-state index in [9.17, 15) is 19.5 Å². The highest BCUT2D eigenvalue weighted by Crippen LogP contribution is 2.21. The van der Waals surface area contributed by atoms with Gasteiger partial charge in [-0.15, -0.1) is 0 Å². The summed E-state index contributed by atoms with van der Waals surface area (Å²) in [6, 6.07) is -0.611. The molecule has 0 aromatic heterocycles. The van der Waals surface area contributed by atoms with Crippen molar-refractivity contribution in [2.45, 2.75) is 71.6 Å². The van der Waals surface area contributed by atoms with E-state index in [-0.39, 0.29) is 13.0 Å². The maximum atomic E-state index is 12.2. The molecule has 0 bridgehead atoms. The molecule has 0 spiro atoms. The van der Waals surface area contributed by atoms with Crippen molar-refractivity contribution in [1.82, 2.24) is 10.2 Å². The third kappa shape index (κ3) is 7.62. The Labute approximate surface area is 148 Å². The molecule has 1 aliphatic rings. The minimum atomic E-state index is -1.01. The molecule has 8 nitrogen and oxygen atoms in total. The van der Waals surface area contributed by atoms with Crippen LogP contribution in [0.15, 0.2) is 0 Å². The largest absolute Gasteiger partial charge is 0.481 e. The van der Waals surface area contributed by atoms with Crippen LogP contribution in [0.4, 0.5) is 9.59 Å². The molecule has 0 aliphatic carbocycles. The quantitative estimate of drug-likeness (QED) is 0.786. The Morgan fingerprint density at radius 2 is 1.48 bits per heavy atom. The second kappa shape index (κ2) is 7.93. The van der Waals surface area contributed by atoms with Crippen molar-refractivity contribution in [2.75, 3.05) is 13.1 Å². The molecular weight excluding hydrogens is 328 g/mol. The SMILES string of the molecule is CC(C)(C)OC(=O)N[C@@H]1CCN(C(=O)OC(C)(C)C)CC[C@@H]1C(=O)O. The molecule has 2 atom stereocenters. The Kier molecular flexibility index (Phi) is 6.68. The number of hydrogen-bond acceptors (Lipinski definition) is 5. The lowest BCUT2D eigenvalue weighted by Gasteiger charge is -2.26. The van der Waals surface area contributed by atoms with Crippen LogP contribution in [-0.4, -0.2) is 58.5 Å². The van der Waals surface area contributed by atoms with E-state index in [0.29, 0.717) is 13.0 Å². The minimum absolute atomic E-state index is 0.231. The van der Waals surface area contributed by atoms with Crippen molar-refractivity contribution in [3.05, 3.63) is 0 Å². The van der Waals surface area contributed by atoms with Gasteiger partial charge in [0.15, 0.2) is 0 Å². The molecule has 1 fully saturated rings. The molecule has 0 aromatic carbocycles. The van der Waals surface area contributed by atoms with E-state index >= 15 is 0 Å². The Hall–Kier alpha value is -1.99. The van der Waals surface area contributed by atoms with Crippen LogP contribution in [0.1, 0.15) is 54.4 Å². The summed E-state index contributed by atoms with van der Waals surface area (Å²) in [5.74, 6) is -1.80. The van der Waals surface area contributed by atoms with Gasteiger partial charge < -0.3 is 24.8 Å². The molecule has 1 rings (SSSR count). The van der Waals surface area contributed by atoms with E-state index in [1.165, 1.54) is 4.90 Å². The first kappa shape index (κ1) is 21.1. The van der Waals surface area contributed by atoms with Crippen molar-refractivity contribution in [3.8, 4) is 0 Å². The zero-order valence-electron chi connectivity index (χ0n) is 15.9. The number of carbonyl (C=O) groups is 3. The summed E-state index contributed by atoms with van der Waals surface area (Å²) in [5.41, 5.74) is -1.29. The number of rotatable bonds is 2. The lowest BCUT2D eigenvalue weighted by atomic mass is 9.95. The second-order valence-electron chi connectivity index (χ2n) is 8.24. The van der Waals surface area contributed by atoms with Crippen LogP contribution in [0, 0.1) is 5.92 Å². The van der Waals surface area contributed by atoms with Crippen molar-refractivity contribution in [2.24, 2.45) is 5.92 Å². The highest BCUT2D eigenvalue weighted by molar-refractivity contribution is 5.74. The molecule has 1 heterocycles. The van der Waals surface area contributed by atoms with E-state index in [1.54, 1.807) is 41.5 Å². The van der Waals surface area contributed by atoms with E-state index in [2.05, 4.69) is 5.32 Å². The van der Waals surface area contributed by atoms with Gasteiger partial charge in [0, 0.05) is 19.1 Å². The fourth-order valence-electron chi connectivity index (χ4n) is 2.54.